The predicted molar refractivity (Wildman–Crippen MR) is 89.4 cm³/mol. The van der Waals surface area contributed by atoms with Crippen molar-refractivity contribution in [3.8, 4) is 0 Å². The van der Waals surface area contributed by atoms with Crippen LogP contribution < -0.4 is 10.6 Å². The van der Waals surface area contributed by atoms with Crippen LogP contribution in [0.15, 0.2) is 42.5 Å². The maximum atomic E-state index is 11.8. The molecule has 2 N–H and O–H groups in total. The van der Waals surface area contributed by atoms with Gasteiger partial charge >= 0.3 is 0 Å². The molecule has 0 aliphatic carbocycles. The van der Waals surface area contributed by atoms with Gasteiger partial charge in [0.25, 0.3) is 0 Å². The number of carbonyl (C=O) groups is 1. The number of carbonyl (C=O) groups excluding carboxylic acids is 1. The second-order valence-electron chi connectivity index (χ2n) is 4.75. The molecule has 0 atom stereocenters. The first-order valence-electron chi connectivity index (χ1n) is 6.59. The summed E-state index contributed by atoms with van der Waals surface area (Å²) in [5.41, 5.74) is 2.81. The fourth-order valence-electron chi connectivity index (χ4n) is 1.84. The predicted octanol–water partition coefficient (Wildman–Crippen LogP) is 4.74. The molecule has 1 amide bonds. The molecule has 21 heavy (non-hydrogen) atoms. The van der Waals surface area contributed by atoms with Crippen LogP contribution in [-0.2, 0) is 4.79 Å². The van der Waals surface area contributed by atoms with Gasteiger partial charge in [0.05, 0.1) is 0 Å². The Morgan fingerprint density at radius 2 is 1.62 bits per heavy atom. The topological polar surface area (TPSA) is 41.1 Å². The molecule has 2 aromatic carbocycles. The van der Waals surface area contributed by atoms with Crippen LogP contribution in [0.3, 0.4) is 0 Å². The highest BCUT2D eigenvalue weighted by molar-refractivity contribution is 6.35. The normalized spacial score (nSPS) is 10.2. The van der Waals surface area contributed by atoms with Gasteiger partial charge in [-0.25, -0.2) is 0 Å². The molecule has 0 saturated heterocycles. The quantitative estimate of drug-likeness (QED) is 0.834. The fraction of sp³-hybridized carbons (Fsp3) is 0.188. The zero-order valence-corrected chi connectivity index (χ0v) is 13.1. The standard InChI is InChI=1S/C16H16Cl2N2O/c1-11-2-4-14(5-3-11)19-7-6-16(21)20-15-9-12(17)8-13(18)10-15/h2-5,8-10,19H,6-7H2,1H3,(H,20,21). The zero-order chi connectivity index (χ0) is 15.2. The van der Waals surface area contributed by atoms with Crippen LogP contribution in [0.1, 0.15) is 12.0 Å². The van der Waals surface area contributed by atoms with Gasteiger partial charge in [-0.05, 0) is 37.3 Å². The van der Waals surface area contributed by atoms with E-state index >= 15 is 0 Å². The average molecular weight is 323 g/mol. The minimum Gasteiger partial charge on any atom is -0.385 e. The third-order valence-electron chi connectivity index (χ3n) is 2.88. The number of halogens is 2. The Hall–Kier alpha value is -1.71. The van der Waals surface area contributed by atoms with Crippen LogP contribution in [-0.4, -0.2) is 12.5 Å². The number of hydrogen-bond donors (Lipinski definition) is 2. The van der Waals surface area contributed by atoms with Crippen molar-refractivity contribution in [1.29, 1.82) is 0 Å². The Kier molecular flexibility index (Phi) is 5.48. The molecule has 0 heterocycles. The van der Waals surface area contributed by atoms with Crippen molar-refractivity contribution in [1.82, 2.24) is 0 Å². The molecular formula is C16H16Cl2N2O. The van der Waals surface area contributed by atoms with E-state index in [1.54, 1.807) is 18.2 Å². The highest BCUT2D eigenvalue weighted by Gasteiger charge is 2.04. The average Bonchev–Trinajstić information content (AvgIpc) is 2.39. The van der Waals surface area contributed by atoms with Gasteiger partial charge in [0.15, 0.2) is 0 Å². The van der Waals surface area contributed by atoms with Crippen molar-refractivity contribution in [3.63, 3.8) is 0 Å². The minimum absolute atomic E-state index is 0.0899. The number of benzene rings is 2. The van der Waals surface area contributed by atoms with Crippen LogP contribution >= 0.6 is 23.2 Å². The Labute approximate surface area is 134 Å². The molecule has 0 radical (unpaired) electrons. The number of rotatable bonds is 5. The zero-order valence-electron chi connectivity index (χ0n) is 11.6. The maximum absolute atomic E-state index is 11.8. The molecule has 0 aliphatic rings. The first kappa shape index (κ1) is 15.7. The molecule has 2 rings (SSSR count). The largest absolute Gasteiger partial charge is 0.385 e. The molecule has 0 fully saturated rings. The van der Waals surface area contributed by atoms with Gasteiger partial charge in [-0.15, -0.1) is 0 Å². The number of anilines is 2. The first-order valence-corrected chi connectivity index (χ1v) is 7.35. The summed E-state index contributed by atoms with van der Waals surface area (Å²) >= 11 is 11.8. The molecule has 0 unspecified atom stereocenters. The molecule has 0 spiro atoms. The van der Waals surface area contributed by atoms with Gasteiger partial charge < -0.3 is 10.6 Å². The lowest BCUT2D eigenvalue weighted by atomic mass is 10.2. The van der Waals surface area contributed by atoms with Crippen molar-refractivity contribution in [3.05, 3.63) is 58.1 Å². The van der Waals surface area contributed by atoms with Crippen LogP contribution in [0, 0.1) is 6.92 Å². The van der Waals surface area contributed by atoms with E-state index in [9.17, 15) is 4.79 Å². The summed E-state index contributed by atoms with van der Waals surface area (Å²) in [7, 11) is 0. The first-order chi connectivity index (χ1) is 10.0. The van der Waals surface area contributed by atoms with E-state index in [2.05, 4.69) is 10.6 Å². The summed E-state index contributed by atoms with van der Waals surface area (Å²) in [6.45, 7) is 2.59. The van der Waals surface area contributed by atoms with Crippen molar-refractivity contribution in [2.24, 2.45) is 0 Å². The molecule has 0 saturated carbocycles. The second-order valence-corrected chi connectivity index (χ2v) is 5.62. The monoisotopic (exact) mass is 322 g/mol. The van der Waals surface area contributed by atoms with E-state index in [1.807, 2.05) is 31.2 Å². The summed E-state index contributed by atoms with van der Waals surface area (Å²) in [5.74, 6) is -0.0899. The fourth-order valence-corrected chi connectivity index (χ4v) is 2.37. The molecular weight excluding hydrogens is 307 g/mol. The minimum atomic E-state index is -0.0899. The van der Waals surface area contributed by atoms with E-state index in [4.69, 9.17) is 23.2 Å². The third kappa shape index (κ3) is 5.29. The molecule has 5 heteroatoms. The Bertz CT molecular complexity index is 606. The van der Waals surface area contributed by atoms with Crippen LogP contribution in [0.4, 0.5) is 11.4 Å². The van der Waals surface area contributed by atoms with Crippen molar-refractivity contribution in [2.75, 3.05) is 17.2 Å². The van der Waals surface area contributed by atoms with Crippen LogP contribution in [0.2, 0.25) is 10.0 Å². The number of aryl methyl sites for hydroxylation is 1. The van der Waals surface area contributed by atoms with E-state index in [-0.39, 0.29) is 5.91 Å². The highest BCUT2D eigenvalue weighted by atomic mass is 35.5. The summed E-state index contributed by atoms with van der Waals surface area (Å²) in [5, 5.41) is 6.96. The summed E-state index contributed by atoms with van der Waals surface area (Å²) in [6.07, 6.45) is 0.359. The van der Waals surface area contributed by atoms with Gasteiger partial charge in [-0.1, -0.05) is 40.9 Å². The Balaban J connectivity index is 1.80. The van der Waals surface area contributed by atoms with Gasteiger partial charge in [0.2, 0.25) is 5.91 Å². The van der Waals surface area contributed by atoms with Gasteiger partial charge in [0.1, 0.15) is 0 Å². The summed E-state index contributed by atoms with van der Waals surface area (Å²) in [4.78, 5) is 11.8. The van der Waals surface area contributed by atoms with Crippen molar-refractivity contribution >= 4 is 40.5 Å². The van der Waals surface area contributed by atoms with Gasteiger partial charge in [-0.3, -0.25) is 4.79 Å². The Morgan fingerprint density at radius 3 is 2.24 bits per heavy atom. The highest BCUT2D eigenvalue weighted by Crippen LogP contribution is 2.22. The van der Waals surface area contributed by atoms with Crippen LogP contribution in [0.25, 0.3) is 0 Å². The number of amides is 1. The molecule has 0 aromatic heterocycles. The molecule has 110 valence electrons. The van der Waals surface area contributed by atoms with Crippen LogP contribution in [0.5, 0.6) is 0 Å². The van der Waals surface area contributed by atoms with Crippen molar-refractivity contribution in [2.45, 2.75) is 13.3 Å². The lowest BCUT2D eigenvalue weighted by Gasteiger charge is -2.08. The summed E-state index contributed by atoms with van der Waals surface area (Å²) in [6, 6.07) is 13.0. The molecule has 0 bridgehead atoms. The second kappa shape index (κ2) is 7.34. The van der Waals surface area contributed by atoms with Crippen molar-refractivity contribution < 1.29 is 4.79 Å². The number of nitrogens with one attached hydrogen (secondary N) is 2. The Morgan fingerprint density at radius 1 is 1.00 bits per heavy atom. The molecule has 3 nitrogen and oxygen atoms in total. The van der Waals surface area contributed by atoms with Gasteiger partial charge in [-0.2, -0.15) is 0 Å². The SMILES string of the molecule is Cc1ccc(NCCC(=O)Nc2cc(Cl)cc(Cl)c2)cc1. The maximum Gasteiger partial charge on any atom is 0.226 e. The molecule has 0 aliphatic heterocycles. The van der Waals surface area contributed by atoms with E-state index in [1.165, 1.54) is 5.56 Å². The summed E-state index contributed by atoms with van der Waals surface area (Å²) < 4.78 is 0. The lowest BCUT2D eigenvalue weighted by molar-refractivity contribution is -0.115. The third-order valence-corrected chi connectivity index (χ3v) is 3.32. The smallest absolute Gasteiger partial charge is 0.226 e. The van der Waals surface area contributed by atoms with Gasteiger partial charge in [0, 0.05) is 34.4 Å². The number of hydrogen-bond acceptors (Lipinski definition) is 2. The van der Waals surface area contributed by atoms with E-state index in [0.29, 0.717) is 28.7 Å². The molecule has 2 aromatic rings. The van der Waals surface area contributed by atoms with E-state index in [0.717, 1.165) is 5.69 Å². The van der Waals surface area contributed by atoms with E-state index < -0.39 is 0 Å². The lowest BCUT2D eigenvalue weighted by Crippen LogP contribution is -2.16.